The van der Waals surface area contributed by atoms with E-state index in [2.05, 4.69) is 25.4 Å². The zero-order valence-corrected chi connectivity index (χ0v) is 5.57. The van der Waals surface area contributed by atoms with Crippen molar-refractivity contribution < 1.29 is 0 Å². The summed E-state index contributed by atoms with van der Waals surface area (Å²) >= 11 is 0. The predicted octanol–water partition coefficient (Wildman–Crippen LogP) is -3.06. The number of aliphatic imine (C=N–C) groups is 1. The third-order valence-electron chi connectivity index (χ3n) is 1.36. The summed E-state index contributed by atoms with van der Waals surface area (Å²) < 4.78 is 0. The Morgan fingerprint density at radius 2 is 2.55 bits per heavy atom. The van der Waals surface area contributed by atoms with Gasteiger partial charge >= 0.3 is 5.49 Å². The Hall–Kier alpha value is -1.69. The number of aromatic amines is 1. The Labute approximate surface area is 61.5 Å². The summed E-state index contributed by atoms with van der Waals surface area (Å²) in [6.45, 7) is 0. The van der Waals surface area contributed by atoms with E-state index in [1.807, 2.05) is 0 Å². The maximum absolute atomic E-state index is 5.19. The Kier molecular flexibility index (Phi) is 1.19. The van der Waals surface area contributed by atoms with Crippen LogP contribution in [0.4, 0.5) is 0 Å². The van der Waals surface area contributed by atoms with Crippen molar-refractivity contribution in [1.29, 1.82) is 0 Å². The summed E-state index contributed by atoms with van der Waals surface area (Å²) in [7, 11) is 0. The average Bonchev–Trinajstić information content (AvgIpc) is 2.50. The molecule has 0 atom stereocenters. The van der Waals surface area contributed by atoms with Gasteiger partial charge in [0.15, 0.2) is 11.7 Å². The van der Waals surface area contributed by atoms with Gasteiger partial charge in [-0.25, -0.2) is 5.84 Å². The van der Waals surface area contributed by atoms with Crippen LogP contribution in [0.1, 0.15) is 0 Å². The molecule has 6 nitrogen and oxygen atoms in total. The summed E-state index contributed by atoms with van der Waals surface area (Å²) in [6.07, 6.45) is 2.94. The number of rotatable bonds is 1. The molecular formula is C5H6N6+. The molecule has 2 heterocycles. The van der Waals surface area contributed by atoms with Crippen LogP contribution in [0.2, 0.25) is 0 Å². The molecule has 4 N–H and O–H groups in total. The second-order valence-electron chi connectivity index (χ2n) is 1.97. The zero-order valence-electron chi connectivity index (χ0n) is 5.57. The highest BCUT2D eigenvalue weighted by molar-refractivity contribution is 5.62. The third-order valence-corrected chi connectivity index (χ3v) is 1.36. The monoisotopic (exact) mass is 150 g/mol. The molecule has 55 valence electrons. The van der Waals surface area contributed by atoms with Gasteiger partial charge in [-0.15, -0.1) is 0 Å². The Morgan fingerprint density at radius 3 is 3.36 bits per heavy atom. The van der Waals surface area contributed by atoms with Gasteiger partial charge in [0.25, 0.3) is 6.34 Å². The number of nitrogens with one attached hydrogen (secondary N) is 2. The first kappa shape index (κ1) is 6.05. The number of hydrogen-bond acceptors (Lipinski definition) is 5. The lowest BCUT2D eigenvalue weighted by Gasteiger charge is -1.91. The fraction of sp³-hybridized carbons (Fsp3) is 0. The minimum Gasteiger partial charge on any atom is -0.323 e. The van der Waals surface area contributed by atoms with Crippen LogP contribution in [0, 0.1) is 0 Å². The van der Waals surface area contributed by atoms with Crippen LogP contribution >= 0.6 is 0 Å². The van der Waals surface area contributed by atoms with Gasteiger partial charge in [-0.05, 0) is 0 Å². The summed E-state index contributed by atoms with van der Waals surface area (Å²) in [5.41, 5.74) is 3.04. The molecule has 0 saturated heterocycles. The Balaban J connectivity index is 2.84. The largest absolute Gasteiger partial charge is 0.327 e. The maximum Gasteiger partial charge on any atom is 0.327 e. The number of aromatic nitrogens is 2. The minimum absolute atomic E-state index is 0.549. The van der Waals surface area contributed by atoms with Crippen molar-refractivity contribution in [2.24, 2.45) is 10.8 Å². The van der Waals surface area contributed by atoms with Crippen LogP contribution < -0.4 is 27.1 Å². The molecule has 0 saturated carbocycles. The molecule has 0 aliphatic carbocycles. The number of hydrogen-bond donors (Lipinski definition) is 3. The third kappa shape index (κ3) is 0.802. The van der Waals surface area contributed by atoms with E-state index in [0.29, 0.717) is 11.3 Å². The normalized spacial score (nSPS) is 14.1. The lowest BCUT2D eigenvalue weighted by molar-refractivity contribution is 0.935. The number of fused-ring (bicyclic) bond motifs is 1. The van der Waals surface area contributed by atoms with Gasteiger partial charge < -0.3 is 4.98 Å². The van der Waals surface area contributed by atoms with Crippen molar-refractivity contribution in [3.63, 3.8) is 0 Å². The molecule has 0 bridgehead atoms. The SMILES string of the molecule is NNC1=c2[nH]cnc2=[N+]C=N1. The Bertz CT molecular complexity index is 399. The maximum atomic E-state index is 5.19. The molecule has 1 aromatic rings. The molecule has 0 spiro atoms. The highest BCUT2D eigenvalue weighted by atomic mass is 15.3. The summed E-state index contributed by atoms with van der Waals surface area (Å²) in [6, 6.07) is 0. The van der Waals surface area contributed by atoms with Crippen molar-refractivity contribution in [1.82, 2.24) is 20.4 Å². The second kappa shape index (κ2) is 2.17. The highest BCUT2D eigenvalue weighted by Gasteiger charge is 2.09. The van der Waals surface area contributed by atoms with E-state index in [9.17, 15) is 0 Å². The first-order chi connectivity index (χ1) is 5.42. The molecule has 0 fully saturated rings. The zero-order chi connectivity index (χ0) is 7.68. The smallest absolute Gasteiger partial charge is 0.323 e. The molecule has 6 heteroatoms. The van der Waals surface area contributed by atoms with Gasteiger partial charge in [0.2, 0.25) is 5.82 Å². The fourth-order valence-electron chi connectivity index (χ4n) is 0.874. The van der Waals surface area contributed by atoms with Crippen molar-refractivity contribution >= 4 is 12.2 Å². The molecule has 11 heavy (non-hydrogen) atoms. The van der Waals surface area contributed by atoms with Gasteiger partial charge in [-0.3, -0.25) is 5.43 Å². The first-order valence-electron chi connectivity index (χ1n) is 3.02. The lowest BCUT2D eigenvalue weighted by atomic mass is 10.5. The standard InChI is InChI=1S/C5H6N6/c6-11-5-3-4(8-1-7-3)9-2-10-5/h1-2H,6H2,(H,7,8)(H,10,11)/q+1. The summed E-state index contributed by atoms with van der Waals surface area (Å²) in [5, 5.41) is 0.718. The predicted molar refractivity (Wildman–Crippen MR) is 38.3 cm³/mol. The van der Waals surface area contributed by atoms with Gasteiger partial charge in [0.05, 0.1) is 0 Å². The molecule has 2 rings (SSSR count). The van der Waals surface area contributed by atoms with E-state index >= 15 is 0 Å². The van der Waals surface area contributed by atoms with E-state index in [-0.39, 0.29) is 0 Å². The van der Waals surface area contributed by atoms with E-state index in [1.165, 1.54) is 6.34 Å². The topological polar surface area (TPSA) is 93.2 Å². The minimum atomic E-state index is 0.549. The molecule has 1 radical (unpaired) electrons. The quantitative estimate of drug-likeness (QED) is 0.293. The van der Waals surface area contributed by atoms with Crippen LogP contribution in [0.25, 0.3) is 5.82 Å². The number of hydrazine groups is 1. The Morgan fingerprint density at radius 1 is 1.64 bits per heavy atom. The first-order valence-corrected chi connectivity index (χ1v) is 3.02. The summed E-state index contributed by atoms with van der Waals surface area (Å²) in [5.74, 6) is 5.74. The van der Waals surface area contributed by atoms with Crippen LogP contribution in [-0.2, 0) is 0 Å². The summed E-state index contributed by atoms with van der Waals surface area (Å²) in [4.78, 5) is 14.6. The van der Waals surface area contributed by atoms with E-state index in [4.69, 9.17) is 5.84 Å². The van der Waals surface area contributed by atoms with Gasteiger partial charge in [0, 0.05) is 0 Å². The second-order valence-corrected chi connectivity index (χ2v) is 1.97. The fourth-order valence-corrected chi connectivity index (χ4v) is 0.874. The van der Waals surface area contributed by atoms with Crippen molar-refractivity contribution in [2.45, 2.75) is 0 Å². The van der Waals surface area contributed by atoms with Crippen molar-refractivity contribution in [2.75, 3.05) is 0 Å². The van der Waals surface area contributed by atoms with Crippen molar-refractivity contribution in [3.8, 4) is 0 Å². The highest BCUT2D eigenvalue weighted by Crippen LogP contribution is 1.81. The average molecular weight is 150 g/mol. The van der Waals surface area contributed by atoms with Crippen LogP contribution in [0.3, 0.4) is 0 Å². The number of nitrogens with zero attached hydrogens (tertiary/aromatic N) is 3. The molecule has 0 unspecified atom stereocenters. The van der Waals surface area contributed by atoms with E-state index in [1.54, 1.807) is 6.33 Å². The van der Waals surface area contributed by atoms with Gasteiger partial charge in [-0.2, -0.15) is 0 Å². The number of nitrogens with two attached hydrogens (primary N) is 1. The number of imidazole rings is 1. The van der Waals surface area contributed by atoms with Crippen LogP contribution in [0.15, 0.2) is 11.3 Å². The molecule has 1 aliphatic heterocycles. The van der Waals surface area contributed by atoms with Gasteiger partial charge in [0.1, 0.15) is 0 Å². The van der Waals surface area contributed by atoms with E-state index < -0.39 is 0 Å². The van der Waals surface area contributed by atoms with Gasteiger partial charge in [-0.1, -0.05) is 15.0 Å². The number of H-pyrrole nitrogens is 1. The van der Waals surface area contributed by atoms with E-state index in [0.717, 1.165) is 5.35 Å². The lowest BCUT2D eigenvalue weighted by Crippen LogP contribution is -2.39. The molecule has 0 amide bonds. The van der Waals surface area contributed by atoms with Crippen LogP contribution in [0.5, 0.6) is 0 Å². The van der Waals surface area contributed by atoms with Crippen LogP contribution in [-0.4, -0.2) is 16.3 Å². The van der Waals surface area contributed by atoms with Crippen molar-refractivity contribution in [3.05, 3.63) is 17.2 Å². The molecule has 1 aromatic heterocycles. The molecule has 0 aromatic carbocycles. The molecule has 1 aliphatic rings. The molecular weight excluding hydrogens is 144 g/mol.